The van der Waals surface area contributed by atoms with Crippen LogP contribution in [0, 0.1) is 0 Å². The first kappa shape index (κ1) is 15.4. The second kappa shape index (κ2) is 9.96. The molecule has 0 aliphatic rings. The lowest BCUT2D eigenvalue weighted by Crippen LogP contribution is -2.42. The summed E-state index contributed by atoms with van der Waals surface area (Å²) >= 11 is 0. The fourth-order valence-electron chi connectivity index (χ4n) is 0.724. The maximum Gasteiger partial charge on any atom is 0.0610 e. The van der Waals surface area contributed by atoms with E-state index in [1.165, 1.54) is 0 Å². The van der Waals surface area contributed by atoms with Gasteiger partial charge in [-0.25, -0.2) is 0 Å². The van der Waals surface area contributed by atoms with Crippen LogP contribution in [0.5, 0.6) is 0 Å². The lowest BCUT2D eigenvalue weighted by atomic mass is 9.96. The van der Waals surface area contributed by atoms with Gasteiger partial charge in [0.15, 0.2) is 0 Å². The summed E-state index contributed by atoms with van der Waals surface area (Å²) in [6, 6.07) is 0. The van der Waals surface area contributed by atoms with E-state index in [4.69, 9.17) is 10.8 Å². The molecule has 0 heterocycles. The highest BCUT2D eigenvalue weighted by atomic mass is 16.3. The Morgan fingerprint density at radius 1 is 1.08 bits per heavy atom. The van der Waals surface area contributed by atoms with E-state index < -0.39 is 0 Å². The molecule has 0 aromatic heterocycles. The number of rotatable bonds is 5. The van der Waals surface area contributed by atoms with Gasteiger partial charge in [0, 0.05) is 5.54 Å². The van der Waals surface area contributed by atoms with Gasteiger partial charge in [0.05, 0.1) is 6.61 Å². The highest BCUT2D eigenvalue weighted by Crippen LogP contribution is 2.08. The molecule has 0 bridgehead atoms. The van der Waals surface area contributed by atoms with E-state index >= 15 is 0 Å². The van der Waals surface area contributed by atoms with E-state index in [1.807, 2.05) is 13.8 Å². The molecule has 0 saturated carbocycles. The first-order chi connectivity index (χ1) is 6.10. The van der Waals surface area contributed by atoms with Crippen LogP contribution >= 0.6 is 0 Å². The molecule has 0 atom stereocenters. The molecule has 0 fully saturated rings. The standard InChI is InChI=1S/C6H15NO.C4H11N/c1-3-6(7,4-2)5-8;1-3-5-4-2/h8H,3-5,7H2,1-2H3;5H,3-4H2,1-2H3. The Morgan fingerprint density at radius 3 is 1.46 bits per heavy atom. The third kappa shape index (κ3) is 9.80. The average molecular weight is 190 g/mol. The lowest BCUT2D eigenvalue weighted by Gasteiger charge is -2.22. The van der Waals surface area contributed by atoms with Gasteiger partial charge in [0.1, 0.15) is 0 Å². The Bertz CT molecular complexity index is 82.7. The van der Waals surface area contributed by atoms with E-state index in [9.17, 15) is 0 Å². The molecule has 0 radical (unpaired) electrons. The summed E-state index contributed by atoms with van der Waals surface area (Å²) in [7, 11) is 0. The first-order valence-electron chi connectivity index (χ1n) is 5.20. The Morgan fingerprint density at radius 2 is 1.46 bits per heavy atom. The summed E-state index contributed by atoms with van der Waals surface area (Å²) in [5.41, 5.74) is 5.33. The quantitative estimate of drug-likeness (QED) is 0.609. The van der Waals surface area contributed by atoms with Crippen molar-refractivity contribution in [1.29, 1.82) is 0 Å². The zero-order chi connectivity index (χ0) is 10.7. The van der Waals surface area contributed by atoms with Crippen LogP contribution < -0.4 is 11.1 Å². The summed E-state index contributed by atoms with van der Waals surface area (Å²) < 4.78 is 0. The van der Waals surface area contributed by atoms with E-state index in [0.29, 0.717) is 0 Å². The molecule has 82 valence electrons. The molecule has 0 aromatic carbocycles. The Kier molecular flexibility index (Phi) is 11.8. The fraction of sp³-hybridized carbons (Fsp3) is 1.00. The van der Waals surface area contributed by atoms with Crippen molar-refractivity contribution in [1.82, 2.24) is 5.32 Å². The Hall–Kier alpha value is -0.120. The minimum absolute atomic E-state index is 0.0972. The summed E-state index contributed by atoms with van der Waals surface area (Å²) in [5.74, 6) is 0. The largest absolute Gasteiger partial charge is 0.394 e. The molecule has 0 spiro atoms. The molecule has 0 aromatic rings. The van der Waals surface area contributed by atoms with Crippen molar-refractivity contribution < 1.29 is 5.11 Å². The van der Waals surface area contributed by atoms with Gasteiger partial charge in [-0.3, -0.25) is 0 Å². The van der Waals surface area contributed by atoms with Gasteiger partial charge in [-0.1, -0.05) is 27.7 Å². The van der Waals surface area contributed by atoms with E-state index in [-0.39, 0.29) is 12.1 Å². The normalized spacial score (nSPS) is 10.6. The SMILES string of the molecule is CCC(N)(CC)CO.CCNCC. The minimum Gasteiger partial charge on any atom is -0.394 e. The highest BCUT2D eigenvalue weighted by Gasteiger charge is 2.17. The van der Waals surface area contributed by atoms with Crippen LogP contribution in [-0.2, 0) is 0 Å². The minimum atomic E-state index is -0.319. The van der Waals surface area contributed by atoms with Crippen LogP contribution in [0.4, 0.5) is 0 Å². The molecule has 13 heavy (non-hydrogen) atoms. The molecule has 0 amide bonds. The molecule has 0 unspecified atom stereocenters. The Balaban J connectivity index is 0. The third-order valence-electron chi connectivity index (χ3n) is 2.22. The monoisotopic (exact) mass is 190 g/mol. The van der Waals surface area contributed by atoms with Crippen molar-refractivity contribution in [2.45, 2.75) is 46.1 Å². The van der Waals surface area contributed by atoms with Gasteiger partial charge in [-0.05, 0) is 25.9 Å². The topological polar surface area (TPSA) is 58.3 Å². The van der Waals surface area contributed by atoms with Crippen LogP contribution in [0.25, 0.3) is 0 Å². The maximum atomic E-state index is 8.66. The van der Waals surface area contributed by atoms with Gasteiger partial charge < -0.3 is 16.2 Å². The number of aliphatic hydroxyl groups excluding tert-OH is 1. The highest BCUT2D eigenvalue weighted by molar-refractivity contribution is 4.78. The van der Waals surface area contributed by atoms with E-state index in [2.05, 4.69) is 19.2 Å². The summed E-state index contributed by atoms with van der Waals surface area (Å²) in [6.45, 7) is 10.5. The van der Waals surface area contributed by atoms with Crippen molar-refractivity contribution in [2.75, 3.05) is 19.7 Å². The van der Waals surface area contributed by atoms with Crippen LogP contribution in [0.1, 0.15) is 40.5 Å². The van der Waals surface area contributed by atoms with Gasteiger partial charge in [-0.2, -0.15) is 0 Å². The second-order valence-corrected chi connectivity index (χ2v) is 3.18. The van der Waals surface area contributed by atoms with Crippen molar-refractivity contribution in [3.63, 3.8) is 0 Å². The molecule has 3 heteroatoms. The molecular weight excluding hydrogens is 164 g/mol. The predicted molar refractivity (Wildman–Crippen MR) is 58.8 cm³/mol. The van der Waals surface area contributed by atoms with E-state index in [0.717, 1.165) is 25.9 Å². The number of hydrogen-bond donors (Lipinski definition) is 3. The van der Waals surface area contributed by atoms with Crippen molar-refractivity contribution >= 4 is 0 Å². The average Bonchev–Trinajstić information content (AvgIpc) is 2.19. The summed E-state index contributed by atoms with van der Waals surface area (Å²) in [6.07, 6.45) is 1.69. The van der Waals surface area contributed by atoms with Crippen LogP contribution in [0.15, 0.2) is 0 Å². The molecule has 0 saturated heterocycles. The Labute approximate surface area is 82.7 Å². The summed E-state index contributed by atoms with van der Waals surface area (Å²) in [4.78, 5) is 0. The lowest BCUT2D eigenvalue weighted by molar-refractivity contribution is 0.187. The maximum absolute atomic E-state index is 8.66. The molecule has 3 nitrogen and oxygen atoms in total. The molecule has 0 aliphatic heterocycles. The number of nitrogens with one attached hydrogen (secondary N) is 1. The zero-order valence-corrected chi connectivity index (χ0v) is 9.56. The number of hydrogen-bond acceptors (Lipinski definition) is 3. The second-order valence-electron chi connectivity index (χ2n) is 3.18. The number of nitrogens with two attached hydrogens (primary N) is 1. The molecule has 4 N–H and O–H groups in total. The molecule has 0 aliphatic carbocycles. The fourth-order valence-corrected chi connectivity index (χ4v) is 0.724. The van der Waals surface area contributed by atoms with Crippen molar-refractivity contribution in [2.24, 2.45) is 5.73 Å². The van der Waals surface area contributed by atoms with Crippen LogP contribution in [-0.4, -0.2) is 30.3 Å². The van der Waals surface area contributed by atoms with Crippen molar-refractivity contribution in [3.05, 3.63) is 0 Å². The zero-order valence-electron chi connectivity index (χ0n) is 9.56. The van der Waals surface area contributed by atoms with Crippen LogP contribution in [0.2, 0.25) is 0 Å². The molecular formula is C10H26N2O. The van der Waals surface area contributed by atoms with Crippen molar-refractivity contribution in [3.8, 4) is 0 Å². The van der Waals surface area contributed by atoms with Gasteiger partial charge in [0.2, 0.25) is 0 Å². The summed E-state index contributed by atoms with van der Waals surface area (Å²) in [5, 5.41) is 11.8. The van der Waals surface area contributed by atoms with E-state index in [1.54, 1.807) is 0 Å². The molecule has 0 rings (SSSR count). The predicted octanol–water partition coefficient (Wildman–Crippen LogP) is 1.11. The van der Waals surface area contributed by atoms with Gasteiger partial charge >= 0.3 is 0 Å². The van der Waals surface area contributed by atoms with Gasteiger partial charge in [0.25, 0.3) is 0 Å². The van der Waals surface area contributed by atoms with Crippen LogP contribution in [0.3, 0.4) is 0 Å². The smallest absolute Gasteiger partial charge is 0.0610 e. The number of aliphatic hydroxyl groups is 1. The third-order valence-corrected chi connectivity index (χ3v) is 2.22. The first-order valence-corrected chi connectivity index (χ1v) is 5.20. The van der Waals surface area contributed by atoms with Gasteiger partial charge in [-0.15, -0.1) is 0 Å².